The number of thiophene rings is 1. The van der Waals surface area contributed by atoms with Gasteiger partial charge in [-0.1, -0.05) is 11.6 Å². The van der Waals surface area contributed by atoms with E-state index in [1.165, 1.54) is 18.3 Å². The first-order valence-corrected chi connectivity index (χ1v) is 10.1. The van der Waals surface area contributed by atoms with Crippen LogP contribution in [0.25, 0.3) is 10.2 Å². The molecule has 154 valence electrons. The molecule has 1 N–H and O–H groups in total. The Hall–Kier alpha value is -3.33. The molecule has 0 saturated heterocycles. The van der Waals surface area contributed by atoms with Gasteiger partial charge in [0, 0.05) is 4.88 Å². The number of aromatic amines is 1. The van der Waals surface area contributed by atoms with Gasteiger partial charge in [0.2, 0.25) is 0 Å². The summed E-state index contributed by atoms with van der Waals surface area (Å²) in [6.45, 7) is 6.75. The third kappa shape index (κ3) is 3.11. The second-order valence-electron chi connectivity index (χ2n) is 7.29. The predicted octanol–water partition coefficient (Wildman–Crippen LogP) is 2.64. The topological polar surface area (TPSA) is 109 Å². The highest BCUT2D eigenvalue weighted by Crippen LogP contribution is 2.27. The molecule has 1 atom stereocenters. The summed E-state index contributed by atoms with van der Waals surface area (Å²) in [7, 11) is 0. The van der Waals surface area contributed by atoms with Gasteiger partial charge >= 0.3 is 5.97 Å². The number of carbonyl (C=O) groups excluding carboxylic acids is 3. The zero-order valence-electron chi connectivity index (χ0n) is 16.9. The molecule has 0 bridgehead atoms. The second kappa shape index (κ2) is 7.17. The van der Waals surface area contributed by atoms with Gasteiger partial charge in [-0.25, -0.2) is 9.78 Å². The highest BCUT2D eigenvalue weighted by atomic mass is 32.1. The van der Waals surface area contributed by atoms with Gasteiger partial charge in [-0.3, -0.25) is 19.3 Å². The number of aromatic nitrogens is 2. The molecule has 1 aliphatic heterocycles. The molecule has 0 saturated carbocycles. The van der Waals surface area contributed by atoms with Gasteiger partial charge in [0.05, 0.1) is 16.5 Å². The van der Waals surface area contributed by atoms with E-state index in [2.05, 4.69) is 9.97 Å². The molecule has 3 aromatic rings. The van der Waals surface area contributed by atoms with E-state index in [-0.39, 0.29) is 29.1 Å². The normalized spacial score (nSPS) is 14.3. The maximum absolute atomic E-state index is 12.6. The highest BCUT2D eigenvalue weighted by molar-refractivity contribution is 7.18. The largest absolute Gasteiger partial charge is 0.456 e. The van der Waals surface area contributed by atoms with Gasteiger partial charge in [-0.05, 0) is 45.4 Å². The minimum atomic E-state index is -1.11. The summed E-state index contributed by atoms with van der Waals surface area (Å²) in [6, 6.07) is 3.84. The first-order valence-electron chi connectivity index (χ1n) is 9.33. The van der Waals surface area contributed by atoms with Crippen molar-refractivity contribution in [1.82, 2.24) is 14.9 Å². The lowest BCUT2D eigenvalue weighted by molar-refractivity contribution is -0.149. The standard InChI is InChI=1S/C21H19N3O5S/c1-9-5-6-13-14(7-9)20(27)24(19(13)26)11(3)21(28)29-8-15-22-17(25)16-10(2)12(4)30-18(16)23-15/h5-7,11H,8H2,1-4H3,(H,22,23,25)/t11-/m0/s1. The number of H-pyrrole nitrogens is 1. The number of aryl methyl sites for hydroxylation is 3. The molecular formula is C21H19N3O5S. The summed E-state index contributed by atoms with van der Waals surface area (Å²) >= 11 is 1.39. The van der Waals surface area contributed by atoms with Crippen molar-refractivity contribution in [3.63, 3.8) is 0 Å². The van der Waals surface area contributed by atoms with Crippen molar-refractivity contribution in [3.8, 4) is 0 Å². The number of nitrogens with one attached hydrogen (secondary N) is 1. The number of benzene rings is 1. The number of hydrogen-bond donors (Lipinski definition) is 1. The van der Waals surface area contributed by atoms with Crippen molar-refractivity contribution in [2.45, 2.75) is 40.3 Å². The lowest BCUT2D eigenvalue weighted by Crippen LogP contribution is -2.43. The summed E-state index contributed by atoms with van der Waals surface area (Å²) in [5, 5.41) is 0.530. The molecule has 2 amide bonds. The maximum atomic E-state index is 12.6. The minimum absolute atomic E-state index is 0.201. The van der Waals surface area contributed by atoms with Crippen LogP contribution >= 0.6 is 11.3 Å². The highest BCUT2D eigenvalue weighted by Gasteiger charge is 2.41. The van der Waals surface area contributed by atoms with E-state index in [0.29, 0.717) is 10.2 Å². The van der Waals surface area contributed by atoms with Crippen molar-refractivity contribution >= 4 is 39.3 Å². The van der Waals surface area contributed by atoms with Crippen LogP contribution in [0.5, 0.6) is 0 Å². The Labute approximate surface area is 175 Å². The summed E-state index contributed by atoms with van der Waals surface area (Å²) in [4.78, 5) is 59.6. The third-order valence-electron chi connectivity index (χ3n) is 5.24. The fraction of sp³-hybridized carbons (Fsp3) is 0.286. The Balaban J connectivity index is 1.51. The zero-order chi connectivity index (χ0) is 21.7. The lowest BCUT2D eigenvalue weighted by Gasteiger charge is -2.20. The van der Waals surface area contributed by atoms with Crippen LogP contribution in [0.2, 0.25) is 0 Å². The summed E-state index contributed by atoms with van der Waals surface area (Å²) < 4.78 is 5.25. The monoisotopic (exact) mass is 425 g/mol. The first kappa shape index (κ1) is 20.0. The molecule has 0 fully saturated rings. The van der Waals surface area contributed by atoms with Crippen molar-refractivity contribution < 1.29 is 19.1 Å². The number of imide groups is 1. The van der Waals surface area contributed by atoms with Crippen molar-refractivity contribution in [2.75, 3.05) is 0 Å². The van der Waals surface area contributed by atoms with Gasteiger partial charge in [0.25, 0.3) is 17.4 Å². The van der Waals surface area contributed by atoms with E-state index < -0.39 is 23.8 Å². The molecule has 1 aromatic carbocycles. The second-order valence-corrected chi connectivity index (χ2v) is 8.49. The van der Waals surface area contributed by atoms with Crippen LogP contribution in [-0.2, 0) is 16.1 Å². The molecule has 4 rings (SSSR count). The Morgan fingerprint density at radius 2 is 1.87 bits per heavy atom. The van der Waals surface area contributed by atoms with Crippen molar-refractivity contribution in [1.29, 1.82) is 0 Å². The zero-order valence-corrected chi connectivity index (χ0v) is 17.7. The van der Waals surface area contributed by atoms with E-state index in [9.17, 15) is 19.2 Å². The van der Waals surface area contributed by atoms with E-state index in [1.807, 2.05) is 20.8 Å². The molecule has 0 aliphatic carbocycles. The van der Waals surface area contributed by atoms with E-state index in [0.717, 1.165) is 20.9 Å². The quantitative estimate of drug-likeness (QED) is 0.508. The van der Waals surface area contributed by atoms with Gasteiger partial charge in [-0.2, -0.15) is 0 Å². The van der Waals surface area contributed by atoms with Gasteiger partial charge in [-0.15, -0.1) is 11.3 Å². The Morgan fingerprint density at radius 3 is 2.60 bits per heavy atom. The van der Waals surface area contributed by atoms with Crippen molar-refractivity contribution in [3.05, 3.63) is 61.5 Å². The van der Waals surface area contributed by atoms with Crippen LogP contribution in [-0.4, -0.2) is 38.7 Å². The molecule has 0 spiro atoms. The summed E-state index contributed by atoms with van der Waals surface area (Å²) in [6.07, 6.45) is 0. The van der Waals surface area contributed by atoms with Gasteiger partial charge < -0.3 is 9.72 Å². The SMILES string of the molecule is Cc1ccc2c(c1)C(=O)N([C@@H](C)C(=O)OCc1nc3sc(C)c(C)c3c(=O)[nH]1)C2=O. The predicted molar refractivity (Wildman–Crippen MR) is 111 cm³/mol. The molecule has 1 aliphatic rings. The average molecular weight is 425 g/mol. The number of ether oxygens (including phenoxy) is 1. The molecule has 2 aromatic heterocycles. The van der Waals surface area contributed by atoms with Crippen LogP contribution in [0.15, 0.2) is 23.0 Å². The number of hydrogen-bond acceptors (Lipinski definition) is 7. The molecule has 8 nitrogen and oxygen atoms in total. The molecular weight excluding hydrogens is 406 g/mol. The molecule has 9 heteroatoms. The third-order valence-corrected chi connectivity index (χ3v) is 6.34. The Morgan fingerprint density at radius 1 is 1.17 bits per heavy atom. The molecule has 30 heavy (non-hydrogen) atoms. The number of amides is 2. The van der Waals surface area contributed by atoms with Gasteiger partial charge in [0.1, 0.15) is 23.3 Å². The minimum Gasteiger partial charge on any atom is -0.456 e. The number of rotatable bonds is 4. The number of carbonyl (C=O) groups is 3. The van der Waals surface area contributed by atoms with E-state index >= 15 is 0 Å². The fourth-order valence-electron chi connectivity index (χ4n) is 3.46. The van der Waals surface area contributed by atoms with Crippen LogP contribution < -0.4 is 5.56 Å². The van der Waals surface area contributed by atoms with Crippen LogP contribution in [0.4, 0.5) is 0 Å². The molecule has 0 unspecified atom stereocenters. The molecule has 0 radical (unpaired) electrons. The average Bonchev–Trinajstić information content (AvgIpc) is 3.12. The first-order chi connectivity index (χ1) is 14.2. The Kier molecular flexibility index (Phi) is 4.77. The van der Waals surface area contributed by atoms with Gasteiger partial charge in [0.15, 0.2) is 0 Å². The number of fused-ring (bicyclic) bond motifs is 2. The van der Waals surface area contributed by atoms with Crippen LogP contribution in [0.3, 0.4) is 0 Å². The summed E-state index contributed by atoms with van der Waals surface area (Å²) in [5.74, 6) is -1.62. The lowest BCUT2D eigenvalue weighted by atomic mass is 10.1. The summed E-state index contributed by atoms with van der Waals surface area (Å²) in [5.41, 5.74) is 1.97. The van der Waals surface area contributed by atoms with Crippen LogP contribution in [0, 0.1) is 20.8 Å². The van der Waals surface area contributed by atoms with Crippen molar-refractivity contribution in [2.24, 2.45) is 0 Å². The maximum Gasteiger partial charge on any atom is 0.329 e. The fourth-order valence-corrected chi connectivity index (χ4v) is 4.51. The number of esters is 1. The smallest absolute Gasteiger partial charge is 0.329 e. The molecule has 3 heterocycles. The van der Waals surface area contributed by atoms with Crippen LogP contribution in [0.1, 0.15) is 49.5 Å². The Bertz CT molecular complexity index is 1290. The van der Waals surface area contributed by atoms with E-state index in [1.54, 1.807) is 18.2 Å². The number of nitrogens with zero attached hydrogens (tertiary/aromatic N) is 2. The van der Waals surface area contributed by atoms with E-state index in [4.69, 9.17) is 4.74 Å².